The number of carbonyl (C=O) groups is 1. The fourth-order valence-corrected chi connectivity index (χ4v) is 3.55. The summed E-state index contributed by atoms with van der Waals surface area (Å²) in [6.07, 6.45) is 9.12. The molecule has 3 rings (SSSR count). The predicted molar refractivity (Wildman–Crippen MR) is 96.3 cm³/mol. The highest BCUT2D eigenvalue weighted by Crippen LogP contribution is 2.22. The number of nitrogens with one attached hydrogen (secondary N) is 1. The van der Waals surface area contributed by atoms with E-state index in [2.05, 4.69) is 26.5 Å². The smallest absolute Gasteiger partial charge is 0.237 e. The van der Waals surface area contributed by atoms with Crippen LogP contribution in [0.25, 0.3) is 0 Å². The van der Waals surface area contributed by atoms with Crippen molar-refractivity contribution >= 4 is 5.91 Å². The number of aromatic nitrogens is 2. The molecule has 0 saturated heterocycles. The van der Waals surface area contributed by atoms with E-state index >= 15 is 0 Å². The lowest BCUT2D eigenvalue weighted by molar-refractivity contribution is -0.126. The Balaban J connectivity index is 1.51. The summed E-state index contributed by atoms with van der Waals surface area (Å²) in [5, 5.41) is 11.3. The minimum atomic E-state index is -0.146. The van der Waals surface area contributed by atoms with E-state index in [0.717, 1.165) is 37.2 Å². The molecule has 2 heterocycles. The number of rotatable bonds is 6. The van der Waals surface area contributed by atoms with Crippen LogP contribution in [0.4, 0.5) is 0 Å². The minimum absolute atomic E-state index is 0.105. The van der Waals surface area contributed by atoms with E-state index in [1.807, 2.05) is 13.0 Å². The van der Waals surface area contributed by atoms with Crippen LogP contribution in [0.15, 0.2) is 17.7 Å². The number of amides is 1. The second-order valence-corrected chi connectivity index (χ2v) is 6.90. The van der Waals surface area contributed by atoms with Crippen molar-refractivity contribution in [2.24, 2.45) is 0 Å². The van der Waals surface area contributed by atoms with Crippen molar-refractivity contribution < 1.29 is 9.53 Å². The summed E-state index contributed by atoms with van der Waals surface area (Å²) < 4.78 is 5.16. The van der Waals surface area contributed by atoms with Crippen molar-refractivity contribution in [1.82, 2.24) is 20.4 Å². The number of fused-ring (bicyclic) bond motifs is 1. The number of carbonyl (C=O) groups excluding carboxylic acids is 1. The molecule has 1 amide bonds. The molecule has 0 spiro atoms. The summed E-state index contributed by atoms with van der Waals surface area (Å²) in [6, 6.07) is 1.78. The highest BCUT2D eigenvalue weighted by Gasteiger charge is 2.26. The van der Waals surface area contributed by atoms with Crippen LogP contribution in [0.1, 0.15) is 50.3 Å². The summed E-state index contributed by atoms with van der Waals surface area (Å²) in [7, 11) is 1.59. The molecule has 136 valence electrons. The molecule has 0 saturated carbocycles. The highest BCUT2D eigenvalue weighted by atomic mass is 16.5. The lowest BCUT2D eigenvalue weighted by atomic mass is 9.97. The summed E-state index contributed by atoms with van der Waals surface area (Å²) in [5.41, 5.74) is 3.61. The normalized spacial score (nSPS) is 18.9. The second-order valence-electron chi connectivity index (χ2n) is 6.90. The van der Waals surface area contributed by atoms with Crippen molar-refractivity contribution in [3.8, 4) is 5.88 Å². The molecule has 1 aromatic rings. The summed E-state index contributed by atoms with van der Waals surface area (Å²) in [4.78, 5) is 14.7. The number of methoxy groups -OCH3 is 1. The monoisotopic (exact) mass is 344 g/mol. The molecule has 6 heteroatoms. The molecular formula is C19H28N4O2. The zero-order chi connectivity index (χ0) is 17.6. The van der Waals surface area contributed by atoms with Gasteiger partial charge in [-0.1, -0.05) is 11.6 Å². The van der Waals surface area contributed by atoms with Gasteiger partial charge >= 0.3 is 0 Å². The zero-order valence-electron chi connectivity index (χ0n) is 15.3. The van der Waals surface area contributed by atoms with E-state index < -0.39 is 0 Å². The second kappa shape index (κ2) is 8.43. The van der Waals surface area contributed by atoms with Gasteiger partial charge in [0.05, 0.1) is 18.8 Å². The van der Waals surface area contributed by atoms with Gasteiger partial charge in [-0.3, -0.25) is 9.69 Å². The van der Waals surface area contributed by atoms with Gasteiger partial charge in [-0.05, 0) is 44.6 Å². The fourth-order valence-electron chi connectivity index (χ4n) is 3.55. The Morgan fingerprint density at radius 3 is 3.00 bits per heavy atom. The Morgan fingerprint density at radius 1 is 1.36 bits per heavy atom. The Morgan fingerprint density at radius 2 is 2.24 bits per heavy atom. The first kappa shape index (κ1) is 17.9. The van der Waals surface area contributed by atoms with Crippen molar-refractivity contribution in [2.45, 2.75) is 58.0 Å². The zero-order valence-corrected chi connectivity index (χ0v) is 15.3. The number of nitrogens with zero attached hydrogens (tertiary/aromatic N) is 3. The standard InChI is InChI=1S/C19H28N4O2/c1-14(19(24)20-10-8-15-6-4-3-5-7-15)23-11-9-17-16(13-23)12-18(25-2)22-21-17/h6,12,14H,3-5,7-11,13H2,1-2H3,(H,20,24)/t14-/m1/s1. The topological polar surface area (TPSA) is 67.4 Å². The van der Waals surface area contributed by atoms with Crippen molar-refractivity contribution in [1.29, 1.82) is 0 Å². The van der Waals surface area contributed by atoms with Gasteiger partial charge in [0.25, 0.3) is 0 Å². The van der Waals surface area contributed by atoms with Gasteiger partial charge in [0.2, 0.25) is 11.8 Å². The number of hydrogen-bond acceptors (Lipinski definition) is 5. The van der Waals surface area contributed by atoms with Gasteiger partial charge in [0.15, 0.2) is 0 Å². The maximum atomic E-state index is 12.5. The van der Waals surface area contributed by atoms with Gasteiger partial charge in [-0.25, -0.2) is 0 Å². The van der Waals surface area contributed by atoms with Gasteiger partial charge in [-0.2, -0.15) is 5.10 Å². The first-order valence-electron chi connectivity index (χ1n) is 9.26. The Bertz CT molecular complexity index is 644. The van der Waals surface area contributed by atoms with Gasteiger partial charge in [0.1, 0.15) is 0 Å². The highest BCUT2D eigenvalue weighted by molar-refractivity contribution is 5.81. The van der Waals surface area contributed by atoms with E-state index in [-0.39, 0.29) is 11.9 Å². The summed E-state index contributed by atoms with van der Waals surface area (Å²) >= 11 is 0. The first-order chi connectivity index (χ1) is 12.2. The molecule has 0 radical (unpaired) electrons. The van der Waals surface area contributed by atoms with Crippen molar-refractivity contribution in [2.75, 3.05) is 20.2 Å². The van der Waals surface area contributed by atoms with E-state index in [1.54, 1.807) is 7.11 Å². The predicted octanol–water partition coefficient (Wildman–Crippen LogP) is 2.24. The molecule has 1 aromatic heterocycles. The molecule has 1 aliphatic carbocycles. The minimum Gasteiger partial charge on any atom is -0.480 e. The SMILES string of the molecule is COc1cc2c(nn1)CCN([C@H](C)C(=O)NCCC1=CCCCC1)C2. The van der Waals surface area contributed by atoms with Crippen molar-refractivity contribution in [3.63, 3.8) is 0 Å². The van der Waals surface area contributed by atoms with Crippen LogP contribution in [-0.2, 0) is 17.8 Å². The van der Waals surface area contributed by atoms with Crippen LogP contribution in [0.2, 0.25) is 0 Å². The van der Waals surface area contributed by atoms with Crippen LogP contribution in [0.3, 0.4) is 0 Å². The molecule has 1 aliphatic heterocycles. The number of ether oxygens (including phenoxy) is 1. The van der Waals surface area contributed by atoms with Crippen LogP contribution in [0.5, 0.6) is 5.88 Å². The third kappa shape index (κ3) is 4.57. The molecule has 1 atom stereocenters. The number of hydrogen-bond donors (Lipinski definition) is 1. The summed E-state index contributed by atoms with van der Waals surface area (Å²) in [5.74, 6) is 0.632. The lowest BCUT2D eigenvalue weighted by Gasteiger charge is -2.32. The van der Waals surface area contributed by atoms with Crippen molar-refractivity contribution in [3.05, 3.63) is 29.0 Å². The van der Waals surface area contributed by atoms with Crippen LogP contribution in [0, 0.1) is 0 Å². The molecular weight excluding hydrogens is 316 g/mol. The molecule has 2 aliphatic rings. The quantitative estimate of drug-likeness (QED) is 0.802. The van der Waals surface area contributed by atoms with E-state index in [0.29, 0.717) is 12.4 Å². The maximum absolute atomic E-state index is 12.5. The van der Waals surface area contributed by atoms with Crippen LogP contribution in [-0.4, -0.2) is 47.2 Å². The Hall–Kier alpha value is -1.95. The largest absolute Gasteiger partial charge is 0.480 e. The third-order valence-corrected chi connectivity index (χ3v) is 5.21. The summed E-state index contributed by atoms with van der Waals surface area (Å²) in [6.45, 7) is 4.25. The molecule has 6 nitrogen and oxygen atoms in total. The van der Waals surface area contributed by atoms with Gasteiger partial charge in [0, 0.05) is 32.1 Å². The van der Waals surface area contributed by atoms with Gasteiger partial charge in [-0.15, -0.1) is 5.10 Å². The lowest BCUT2D eigenvalue weighted by Crippen LogP contribution is -2.47. The molecule has 25 heavy (non-hydrogen) atoms. The van der Waals surface area contributed by atoms with E-state index in [1.165, 1.54) is 31.3 Å². The molecule has 0 unspecified atom stereocenters. The van der Waals surface area contributed by atoms with Gasteiger partial charge < -0.3 is 10.1 Å². The van der Waals surface area contributed by atoms with Crippen LogP contribution >= 0.6 is 0 Å². The molecule has 1 N–H and O–H groups in total. The average molecular weight is 344 g/mol. The molecule has 0 fully saturated rings. The third-order valence-electron chi connectivity index (χ3n) is 5.21. The maximum Gasteiger partial charge on any atom is 0.237 e. The fraction of sp³-hybridized carbons (Fsp3) is 0.632. The molecule has 0 aromatic carbocycles. The van der Waals surface area contributed by atoms with Crippen LogP contribution < -0.4 is 10.1 Å². The Labute approximate surface area is 149 Å². The average Bonchev–Trinajstić information content (AvgIpc) is 2.67. The Kier molecular flexibility index (Phi) is 6.02. The molecule has 0 bridgehead atoms. The number of allylic oxidation sites excluding steroid dienone is 1. The van der Waals surface area contributed by atoms with E-state index in [4.69, 9.17) is 4.74 Å². The van der Waals surface area contributed by atoms with E-state index in [9.17, 15) is 4.79 Å². The first-order valence-corrected chi connectivity index (χ1v) is 9.26.